The molecule has 0 fully saturated rings. The van der Waals surface area contributed by atoms with E-state index in [0.29, 0.717) is 0 Å². The Balaban J connectivity index is 2.69. The largest absolute Gasteiger partial charge is 0.352 e. The van der Waals surface area contributed by atoms with Crippen molar-refractivity contribution in [3.8, 4) is 11.1 Å². The van der Waals surface area contributed by atoms with Crippen LogP contribution in [0.15, 0.2) is 42.6 Å². The molecule has 1 heterocycles. The van der Waals surface area contributed by atoms with Crippen LogP contribution in [0.5, 0.6) is 0 Å². The van der Waals surface area contributed by atoms with Crippen molar-refractivity contribution in [2.45, 2.75) is 13.1 Å². The summed E-state index contributed by atoms with van der Waals surface area (Å²) in [6, 6.07) is 12.5. The van der Waals surface area contributed by atoms with E-state index in [0.717, 1.165) is 4.64 Å². The average molecular weight is 244 g/mol. The molecule has 0 aliphatic heterocycles. The summed E-state index contributed by atoms with van der Waals surface area (Å²) in [7, 11) is -0.498. The van der Waals surface area contributed by atoms with Crippen LogP contribution < -0.4 is 5.19 Å². The van der Waals surface area contributed by atoms with E-state index in [1.807, 2.05) is 12.3 Å². The summed E-state index contributed by atoms with van der Waals surface area (Å²) in [6.45, 7) is 4.59. The van der Waals surface area contributed by atoms with Crippen molar-refractivity contribution in [2.24, 2.45) is 0 Å². The van der Waals surface area contributed by atoms with Gasteiger partial charge in [0.15, 0.2) is 0 Å². The van der Waals surface area contributed by atoms with E-state index in [4.69, 9.17) is 12.2 Å². The number of H-pyrrole nitrogens is 1. The zero-order valence-electron chi connectivity index (χ0n) is 9.45. The van der Waals surface area contributed by atoms with Crippen molar-refractivity contribution in [3.05, 3.63) is 47.2 Å². The molecule has 1 N–H and O–H groups in total. The summed E-state index contributed by atoms with van der Waals surface area (Å²) in [5.41, 5.74) is 2.42. The van der Waals surface area contributed by atoms with E-state index in [1.54, 1.807) is 0 Å². The zero-order chi connectivity index (χ0) is 11.5. The maximum Gasteiger partial charge on any atom is 0.111 e. The zero-order valence-corrected chi connectivity index (χ0v) is 11.3. The van der Waals surface area contributed by atoms with Crippen LogP contribution in [0.25, 0.3) is 11.1 Å². The van der Waals surface area contributed by atoms with Crippen LogP contribution in [0.3, 0.4) is 0 Å². The molecule has 3 heteroatoms. The highest BCUT2D eigenvalue weighted by atomic mass is 32.1. The summed E-state index contributed by atoms with van der Waals surface area (Å²) in [4.78, 5) is 3.12. The lowest BCUT2D eigenvalue weighted by Gasteiger charge is -2.11. The lowest BCUT2D eigenvalue weighted by molar-refractivity contribution is 1.31. The minimum absolute atomic E-state index is 0.498. The number of aromatic amines is 1. The van der Waals surface area contributed by atoms with E-state index in [2.05, 4.69) is 48.4 Å². The van der Waals surface area contributed by atoms with Gasteiger partial charge in [-0.3, -0.25) is 0 Å². The van der Waals surface area contributed by atoms with Crippen molar-refractivity contribution in [1.29, 1.82) is 0 Å². The molecule has 0 spiro atoms. The topological polar surface area (TPSA) is 15.8 Å². The first-order valence-electron chi connectivity index (χ1n) is 5.28. The maximum atomic E-state index is 5.40. The van der Waals surface area contributed by atoms with Gasteiger partial charge in [0.05, 0.1) is 8.80 Å². The highest BCUT2D eigenvalue weighted by Crippen LogP contribution is 2.17. The van der Waals surface area contributed by atoms with Gasteiger partial charge in [0.1, 0.15) is 4.64 Å². The molecule has 81 valence electrons. The van der Waals surface area contributed by atoms with Gasteiger partial charge in [0.25, 0.3) is 0 Å². The summed E-state index contributed by atoms with van der Waals surface area (Å²) >= 11 is 5.40. The molecule has 16 heavy (non-hydrogen) atoms. The first kappa shape index (κ1) is 11.3. The number of aromatic nitrogens is 1. The fourth-order valence-corrected chi connectivity index (χ4v) is 3.36. The van der Waals surface area contributed by atoms with Gasteiger partial charge >= 0.3 is 0 Å². The van der Waals surface area contributed by atoms with Crippen LogP contribution in [-0.4, -0.2) is 13.8 Å². The molecule has 0 bridgehead atoms. The standard InChI is InChI=1S/C13H14NSSi/c1-16(2)11-8-9-14-13(15)12(11)10-6-4-3-5-7-10/h3-9H,1-2H3,(H,14,15). The van der Waals surface area contributed by atoms with Gasteiger partial charge in [0, 0.05) is 11.8 Å². The van der Waals surface area contributed by atoms with E-state index in [1.165, 1.54) is 16.3 Å². The summed E-state index contributed by atoms with van der Waals surface area (Å²) < 4.78 is 0.843. The number of hydrogen-bond donors (Lipinski definition) is 1. The third-order valence-corrected chi connectivity index (χ3v) is 4.38. The monoisotopic (exact) mass is 244 g/mol. The molecule has 1 aromatic heterocycles. The average Bonchev–Trinajstić information content (AvgIpc) is 2.29. The maximum absolute atomic E-state index is 5.40. The third kappa shape index (κ3) is 2.15. The van der Waals surface area contributed by atoms with E-state index < -0.39 is 8.80 Å². The first-order chi connectivity index (χ1) is 7.70. The van der Waals surface area contributed by atoms with Crippen LogP contribution in [0.1, 0.15) is 0 Å². The third-order valence-electron chi connectivity index (χ3n) is 2.56. The Kier molecular flexibility index (Phi) is 3.36. The molecule has 0 unspecified atom stereocenters. The van der Waals surface area contributed by atoms with E-state index >= 15 is 0 Å². The number of rotatable bonds is 2. The van der Waals surface area contributed by atoms with Crippen LogP contribution in [0, 0.1) is 4.64 Å². The van der Waals surface area contributed by atoms with Crippen molar-refractivity contribution < 1.29 is 0 Å². The SMILES string of the molecule is C[Si](C)c1cc[nH]c(=S)c1-c1ccccc1. The van der Waals surface area contributed by atoms with Gasteiger partial charge in [-0.05, 0) is 11.6 Å². The lowest BCUT2D eigenvalue weighted by Crippen LogP contribution is -2.25. The number of pyridine rings is 1. The molecular formula is C13H14NSSi. The molecule has 0 saturated carbocycles. The van der Waals surface area contributed by atoms with Crippen molar-refractivity contribution in [2.75, 3.05) is 0 Å². The molecule has 0 aliphatic rings. The fraction of sp³-hybridized carbons (Fsp3) is 0.154. The molecule has 0 atom stereocenters. The van der Waals surface area contributed by atoms with E-state index in [-0.39, 0.29) is 0 Å². The van der Waals surface area contributed by atoms with Gasteiger partial charge in [-0.15, -0.1) is 0 Å². The second-order valence-corrected chi connectivity index (χ2v) is 6.91. The second kappa shape index (κ2) is 4.76. The Hall–Kier alpha value is -1.19. The fourth-order valence-electron chi connectivity index (χ4n) is 1.79. The quantitative estimate of drug-likeness (QED) is 0.632. The normalized spacial score (nSPS) is 10.7. The minimum atomic E-state index is -0.498. The highest BCUT2D eigenvalue weighted by Gasteiger charge is 2.10. The Labute approximate surface area is 103 Å². The lowest BCUT2D eigenvalue weighted by atomic mass is 10.1. The Morgan fingerprint density at radius 3 is 2.38 bits per heavy atom. The number of nitrogens with one attached hydrogen (secondary N) is 1. The minimum Gasteiger partial charge on any atom is -0.352 e. The van der Waals surface area contributed by atoms with Crippen LogP contribution in [-0.2, 0) is 0 Å². The summed E-state index contributed by atoms with van der Waals surface area (Å²) in [6.07, 6.45) is 1.95. The number of benzene rings is 1. The molecular weight excluding hydrogens is 230 g/mol. The highest BCUT2D eigenvalue weighted by molar-refractivity contribution is 7.71. The predicted molar refractivity (Wildman–Crippen MR) is 74.2 cm³/mol. The van der Waals surface area contributed by atoms with Crippen LogP contribution in [0.4, 0.5) is 0 Å². The van der Waals surface area contributed by atoms with Crippen molar-refractivity contribution in [1.82, 2.24) is 4.98 Å². The Morgan fingerprint density at radius 2 is 1.75 bits per heavy atom. The second-order valence-electron chi connectivity index (χ2n) is 3.96. The van der Waals surface area contributed by atoms with Gasteiger partial charge in [-0.2, -0.15) is 0 Å². The Bertz CT molecular complexity index is 531. The molecule has 0 saturated heterocycles. The van der Waals surface area contributed by atoms with Gasteiger partial charge < -0.3 is 4.98 Å². The molecule has 2 rings (SSSR count). The molecule has 0 amide bonds. The van der Waals surface area contributed by atoms with Crippen molar-refractivity contribution >= 4 is 26.2 Å². The Morgan fingerprint density at radius 1 is 1.06 bits per heavy atom. The van der Waals surface area contributed by atoms with Crippen LogP contribution in [0.2, 0.25) is 13.1 Å². The molecule has 1 radical (unpaired) electrons. The van der Waals surface area contributed by atoms with Gasteiger partial charge in [-0.25, -0.2) is 0 Å². The molecule has 0 aliphatic carbocycles. The smallest absolute Gasteiger partial charge is 0.111 e. The molecule has 1 nitrogen and oxygen atoms in total. The molecule has 1 aromatic carbocycles. The van der Waals surface area contributed by atoms with Gasteiger partial charge in [-0.1, -0.05) is 60.8 Å². The predicted octanol–water partition coefficient (Wildman–Crippen LogP) is 3.37. The van der Waals surface area contributed by atoms with Gasteiger partial charge in [0.2, 0.25) is 0 Å². The molecule has 2 aromatic rings. The first-order valence-corrected chi connectivity index (χ1v) is 8.18. The van der Waals surface area contributed by atoms with Crippen LogP contribution >= 0.6 is 12.2 Å². The van der Waals surface area contributed by atoms with Crippen molar-refractivity contribution in [3.63, 3.8) is 0 Å². The van der Waals surface area contributed by atoms with E-state index in [9.17, 15) is 0 Å². The number of hydrogen-bond acceptors (Lipinski definition) is 1. The summed E-state index contributed by atoms with van der Waals surface area (Å²) in [5.74, 6) is 0. The summed E-state index contributed by atoms with van der Waals surface area (Å²) in [5, 5.41) is 1.40.